The van der Waals surface area contributed by atoms with Gasteiger partial charge in [0.1, 0.15) is 0 Å². The van der Waals surface area contributed by atoms with E-state index in [4.69, 9.17) is 0 Å². The van der Waals surface area contributed by atoms with Crippen LogP contribution in [-0.4, -0.2) is 25.0 Å². The average molecular weight is 308 g/mol. The number of rotatable bonds is 5. The maximum atomic E-state index is 12.1. The zero-order valence-electron chi connectivity index (χ0n) is 13.9. The van der Waals surface area contributed by atoms with Crippen molar-refractivity contribution < 1.29 is 4.79 Å². The second-order valence-corrected chi connectivity index (χ2v) is 6.39. The molecule has 120 valence electrons. The molecule has 0 radical (unpaired) electrons. The van der Waals surface area contributed by atoms with Crippen molar-refractivity contribution in [2.45, 2.75) is 32.7 Å². The Labute approximate surface area is 138 Å². The van der Waals surface area contributed by atoms with Gasteiger partial charge >= 0.3 is 0 Å². The van der Waals surface area contributed by atoms with Crippen LogP contribution in [-0.2, 0) is 17.6 Å². The third-order valence-corrected chi connectivity index (χ3v) is 4.54. The summed E-state index contributed by atoms with van der Waals surface area (Å²) < 4.78 is 0. The molecular formula is C20H24N2O. The van der Waals surface area contributed by atoms with Crippen LogP contribution in [0.15, 0.2) is 48.5 Å². The van der Waals surface area contributed by atoms with Crippen molar-refractivity contribution >= 4 is 11.6 Å². The van der Waals surface area contributed by atoms with Crippen molar-refractivity contribution in [2.75, 3.05) is 18.0 Å². The first-order chi connectivity index (χ1) is 11.1. The minimum absolute atomic E-state index is 0.0909. The standard InChI is InChI=1S/C20H24N2O/c1-15-7-9-17(10-8-15)13-20(23)21-14-16(2)22-12-11-18-5-3-4-6-19(18)22/h3-10,16H,11-14H2,1-2H3,(H,21,23). The molecule has 0 bridgehead atoms. The van der Waals surface area contributed by atoms with Crippen LogP contribution in [0, 0.1) is 6.92 Å². The van der Waals surface area contributed by atoms with Crippen molar-refractivity contribution in [1.82, 2.24) is 5.32 Å². The molecule has 1 aliphatic heterocycles. The van der Waals surface area contributed by atoms with E-state index in [2.05, 4.69) is 48.3 Å². The van der Waals surface area contributed by atoms with Gasteiger partial charge in [0, 0.05) is 24.8 Å². The van der Waals surface area contributed by atoms with E-state index in [9.17, 15) is 4.79 Å². The molecule has 1 aliphatic rings. The minimum Gasteiger partial charge on any atom is -0.366 e. The number of anilines is 1. The minimum atomic E-state index is 0.0909. The Balaban J connectivity index is 1.52. The first kappa shape index (κ1) is 15.6. The fourth-order valence-electron chi connectivity index (χ4n) is 3.15. The van der Waals surface area contributed by atoms with Crippen molar-refractivity contribution in [2.24, 2.45) is 0 Å². The van der Waals surface area contributed by atoms with Gasteiger partial charge in [-0.25, -0.2) is 0 Å². The van der Waals surface area contributed by atoms with Crippen LogP contribution in [0.2, 0.25) is 0 Å². The smallest absolute Gasteiger partial charge is 0.224 e. The third-order valence-electron chi connectivity index (χ3n) is 4.54. The van der Waals surface area contributed by atoms with E-state index >= 15 is 0 Å². The molecule has 0 fully saturated rings. The highest BCUT2D eigenvalue weighted by Gasteiger charge is 2.22. The number of para-hydroxylation sites is 1. The Hall–Kier alpha value is -2.29. The van der Waals surface area contributed by atoms with Crippen molar-refractivity contribution in [3.05, 3.63) is 65.2 Å². The highest BCUT2D eigenvalue weighted by Crippen LogP contribution is 2.28. The van der Waals surface area contributed by atoms with E-state index in [0.29, 0.717) is 19.0 Å². The normalized spacial score (nSPS) is 14.4. The van der Waals surface area contributed by atoms with Gasteiger partial charge in [-0.15, -0.1) is 0 Å². The van der Waals surface area contributed by atoms with E-state index in [1.165, 1.54) is 16.8 Å². The Morgan fingerprint density at radius 1 is 1.17 bits per heavy atom. The summed E-state index contributed by atoms with van der Waals surface area (Å²) in [6, 6.07) is 17.0. The quantitative estimate of drug-likeness (QED) is 0.920. The number of aryl methyl sites for hydroxylation is 1. The predicted octanol–water partition coefficient (Wildman–Crippen LogP) is 3.10. The third kappa shape index (κ3) is 3.73. The topological polar surface area (TPSA) is 32.3 Å². The average Bonchev–Trinajstić information content (AvgIpc) is 2.99. The van der Waals surface area contributed by atoms with Gasteiger partial charge in [-0.3, -0.25) is 4.79 Å². The molecule has 23 heavy (non-hydrogen) atoms. The molecule has 1 amide bonds. The van der Waals surface area contributed by atoms with Gasteiger partial charge in [0.25, 0.3) is 0 Å². The molecule has 0 saturated carbocycles. The molecular weight excluding hydrogens is 284 g/mol. The lowest BCUT2D eigenvalue weighted by Crippen LogP contribution is -2.41. The van der Waals surface area contributed by atoms with Crippen molar-refractivity contribution in [3.8, 4) is 0 Å². The van der Waals surface area contributed by atoms with E-state index < -0.39 is 0 Å². The van der Waals surface area contributed by atoms with Crippen molar-refractivity contribution in [3.63, 3.8) is 0 Å². The fraction of sp³-hybridized carbons (Fsp3) is 0.350. The SMILES string of the molecule is Cc1ccc(CC(=O)NCC(C)N2CCc3ccccc32)cc1. The molecule has 1 atom stereocenters. The monoisotopic (exact) mass is 308 g/mol. The van der Waals surface area contributed by atoms with E-state index in [1.807, 2.05) is 24.3 Å². The molecule has 2 aromatic rings. The van der Waals surface area contributed by atoms with Crippen LogP contribution in [0.5, 0.6) is 0 Å². The van der Waals surface area contributed by atoms with Crippen LogP contribution in [0.4, 0.5) is 5.69 Å². The van der Waals surface area contributed by atoms with Crippen molar-refractivity contribution in [1.29, 1.82) is 0 Å². The number of amides is 1. The molecule has 3 rings (SSSR count). The summed E-state index contributed by atoms with van der Waals surface area (Å²) >= 11 is 0. The first-order valence-corrected chi connectivity index (χ1v) is 8.30. The number of hydrogen-bond acceptors (Lipinski definition) is 2. The van der Waals surface area contributed by atoms with Gasteiger partial charge in [0.2, 0.25) is 5.91 Å². The first-order valence-electron chi connectivity index (χ1n) is 8.30. The Kier molecular flexibility index (Phi) is 4.65. The molecule has 0 aliphatic carbocycles. The van der Waals surface area contributed by atoms with Gasteiger partial charge in [-0.2, -0.15) is 0 Å². The van der Waals surface area contributed by atoms with Crippen LogP contribution < -0.4 is 10.2 Å². The highest BCUT2D eigenvalue weighted by atomic mass is 16.1. The van der Waals surface area contributed by atoms with Crippen LogP contribution in [0.1, 0.15) is 23.6 Å². The molecule has 2 aromatic carbocycles. The summed E-state index contributed by atoms with van der Waals surface area (Å²) in [5, 5.41) is 3.07. The molecule has 3 heteroatoms. The second-order valence-electron chi connectivity index (χ2n) is 6.39. The second kappa shape index (κ2) is 6.86. The van der Waals surface area contributed by atoms with Gasteiger partial charge in [-0.1, -0.05) is 48.0 Å². The number of carbonyl (C=O) groups excluding carboxylic acids is 1. The van der Waals surface area contributed by atoms with Gasteiger partial charge in [0.05, 0.1) is 6.42 Å². The fourth-order valence-corrected chi connectivity index (χ4v) is 3.15. The lowest BCUT2D eigenvalue weighted by Gasteiger charge is -2.27. The zero-order valence-corrected chi connectivity index (χ0v) is 13.9. The summed E-state index contributed by atoms with van der Waals surface area (Å²) in [6.45, 7) is 5.95. The van der Waals surface area contributed by atoms with Gasteiger partial charge < -0.3 is 10.2 Å². The Morgan fingerprint density at radius 3 is 2.70 bits per heavy atom. The number of nitrogens with zero attached hydrogens (tertiary/aromatic N) is 1. The summed E-state index contributed by atoms with van der Waals surface area (Å²) in [4.78, 5) is 14.5. The van der Waals surface area contributed by atoms with E-state index in [-0.39, 0.29) is 5.91 Å². The van der Waals surface area contributed by atoms with E-state index in [0.717, 1.165) is 18.5 Å². The number of nitrogens with one attached hydrogen (secondary N) is 1. The molecule has 3 nitrogen and oxygen atoms in total. The Morgan fingerprint density at radius 2 is 1.91 bits per heavy atom. The number of fused-ring (bicyclic) bond motifs is 1. The largest absolute Gasteiger partial charge is 0.366 e. The molecule has 0 aromatic heterocycles. The number of benzene rings is 2. The summed E-state index contributed by atoms with van der Waals surface area (Å²) in [5.74, 6) is 0.0909. The molecule has 1 unspecified atom stereocenters. The number of hydrogen-bond donors (Lipinski definition) is 1. The lowest BCUT2D eigenvalue weighted by atomic mass is 10.1. The maximum Gasteiger partial charge on any atom is 0.224 e. The molecule has 1 N–H and O–H groups in total. The summed E-state index contributed by atoms with van der Waals surface area (Å²) in [6.07, 6.45) is 1.54. The number of carbonyl (C=O) groups is 1. The highest BCUT2D eigenvalue weighted by molar-refractivity contribution is 5.78. The van der Waals surface area contributed by atoms with Crippen LogP contribution >= 0.6 is 0 Å². The van der Waals surface area contributed by atoms with Gasteiger partial charge in [-0.05, 0) is 37.5 Å². The predicted molar refractivity (Wildman–Crippen MR) is 94.8 cm³/mol. The Bertz CT molecular complexity index is 678. The zero-order chi connectivity index (χ0) is 16.2. The van der Waals surface area contributed by atoms with Crippen LogP contribution in [0.25, 0.3) is 0 Å². The van der Waals surface area contributed by atoms with Gasteiger partial charge in [0.15, 0.2) is 0 Å². The summed E-state index contributed by atoms with van der Waals surface area (Å²) in [5.41, 5.74) is 5.00. The maximum absolute atomic E-state index is 12.1. The molecule has 0 saturated heterocycles. The lowest BCUT2D eigenvalue weighted by molar-refractivity contribution is -0.120. The molecule has 0 spiro atoms. The van der Waals surface area contributed by atoms with Crippen LogP contribution in [0.3, 0.4) is 0 Å². The summed E-state index contributed by atoms with van der Waals surface area (Å²) in [7, 11) is 0. The molecule has 1 heterocycles. The van der Waals surface area contributed by atoms with E-state index in [1.54, 1.807) is 0 Å².